The van der Waals surface area contributed by atoms with Gasteiger partial charge in [0.05, 0.1) is 15.6 Å². The lowest BCUT2D eigenvalue weighted by atomic mass is 10.1. The second kappa shape index (κ2) is 6.89. The molecular formula is C17H13ClFN3O3S. The van der Waals surface area contributed by atoms with Crippen LogP contribution in [0.3, 0.4) is 0 Å². The fourth-order valence-corrected chi connectivity index (χ4v) is 3.58. The second-order valence-electron chi connectivity index (χ2n) is 5.44. The molecule has 0 amide bonds. The molecule has 0 spiro atoms. The molecule has 0 unspecified atom stereocenters. The molecule has 1 N–H and O–H groups in total. The van der Waals surface area contributed by atoms with Crippen LogP contribution in [0, 0.1) is 5.82 Å². The fraction of sp³-hybridized carbons (Fsp3) is 0.0588. The van der Waals surface area contributed by atoms with Gasteiger partial charge < -0.3 is 0 Å². The fourth-order valence-electron chi connectivity index (χ4n) is 2.26. The zero-order valence-electron chi connectivity index (χ0n) is 13.5. The number of halogens is 2. The van der Waals surface area contributed by atoms with Crippen molar-refractivity contribution in [2.45, 2.75) is 4.90 Å². The maximum atomic E-state index is 13.2. The third-order valence-corrected chi connectivity index (χ3v) is 5.24. The van der Waals surface area contributed by atoms with Crippen molar-refractivity contribution in [2.75, 3.05) is 4.72 Å². The summed E-state index contributed by atoms with van der Waals surface area (Å²) < 4.78 is 41.8. The number of nitrogens with one attached hydrogen (secondary N) is 1. The lowest BCUT2D eigenvalue weighted by Crippen LogP contribution is -2.18. The minimum absolute atomic E-state index is 0.158. The van der Waals surface area contributed by atoms with E-state index in [1.165, 1.54) is 17.8 Å². The molecule has 3 rings (SSSR count). The normalized spacial score (nSPS) is 11.3. The lowest BCUT2D eigenvalue weighted by Gasteiger charge is -2.10. The van der Waals surface area contributed by atoms with E-state index in [1.54, 1.807) is 30.3 Å². The first kappa shape index (κ1) is 18.1. The van der Waals surface area contributed by atoms with E-state index < -0.39 is 15.8 Å². The maximum absolute atomic E-state index is 13.2. The van der Waals surface area contributed by atoms with Crippen molar-refractivity contribution in [2.24, 2.45) is 7.05 Å². The molecule has 26 heavy (non-hydrogen) atoms. The predicted molar refractivity (Wildman–Crippen MR) is 97.1 cm³/mol. The maximum Gasteiger partial charge on any atom is 0.266 e. The highest BCUT2D eigenvalue weighted by molar-refractivity contribution is 7.92. The van der Waals surface area contributed by atoms with Gasteiger partial charge in [0.2, 0.25) is 0 Å². The highest BCUT2D eigenvalue weighted by Gasteiger charge is 2.16. The van der Waals surface area contributed by atoms with Crippen molar-refractivity contribution in [3.63, 3.8) is 0 Å². The van der Waals surface area contributed by atoms with E-state index in [0.29, 0.717) is 16.9 Å². The SMILES string of the molecule is Cn1nc(-c2cccc(NS(=O)(=O)c3ccc(F)c(Cl)c3)c2)ccc1=O. The van der Waals surface area contributed by atoms with Gasteiger partial charge in [-0.2, -0.15) is 5.10 Å². The van der Waals surface area contributed by atoms with Crippen LogP contribution in [0.1, 0.15) is 0 Å². The van der Waals surface area contributed by atoms with Crippen molar-refractivity contribution in [3.05, 3.63) is 75.8 Å². The van der Waals surface area contributed by atoms with Gasteiger partial charge in [0.1, 0.15) is 5.82 Å². The van der Waals surface area contributed by atoms with E-state index in [-0.39, 0.29) is 15.5 Å². The molecule has 0 radical (unpaired) electrons. The number of aryl methyl sites for hydroxylation is 1. The van der Waals surface area contributed by atoms with Crippen molar-refractivity contribution in [1.82, 2.24) is 9.78 Å². The van der Waals surface area contributed by atoms with E-state index in [4.69, 9.17) is 11.6 Å². The van der Waals surface area contributed by atoms with Crippen LogP contribution in [0.25, 0.3) is 11.3 Å². The average Bonchev–Trinajstić information content (AvgIpc) is 2.59. The molecule has 6 nitrogen and oxygen atoms in total. The van der Waals surface area contributed by atoms with Gasteiger partial charge in [-0.3, -0.25) is 9.52 Å². The van der Waals surface area contributed by atoms with Gasteiger partial charge in [-0.1, -0.05) is 23.7 Å². The molecule has 0 bridgehead atoms. The summed E-state index contributed by atoms with van der Waals surface area (Å²) in [5.41, 5.74) is 1.17. The molecule has 0 fully saturated rings. The zero-order chi connectivity index (χ0) is 18.9. The van der Waals surface area contributed by atoms with Crippen LogP contribution in [0.2, 0.25) is 5.02 Å². The Labute approximate surface area is 153 Å². The number of aromatic nitrogens is 2. The van der Waals surface area contributed by atoms with Gasteiger partial charge in [0.25, 0.3) is 15.6 Å². The topological polar surface area (TPSA) is 81.1 Å². The van der Waals surface area contributed by atoms with Crippen LogP contribution in [0.5, 0.6) is 0 Å². The molecule has 3 aromatic rings. The summed E-state index contributed by atoms with van der Waals surface area (Å²) in [5.74, 6) is -0.701. The Morgan fingerprint density at radius 2 is 1.88 bits per heavy atom. The molecule has 2 aromatic carbocycles. The van der Waals surface area contributed by atoms with Gasteiger partial charge >= 0.3 is 0 Å². The van der Waals surface area contributed by atoms with Crippen molar-refractivity contribution in [3.8, 4) is 11.3 Å². The van der Waals surface area contributed by atoms with Gasteiger partial charge in [-0.15, -0.1) is 0 Å². The summed E-state index contributed by atoms with van der Waals surface area (Å²) in [6, 6.07) is 12.6. The quantitative estimate of drug-likeness (QED) is 0.738. The highest BCUT2D eigenvalue weighted by Crippen LogP contribution is 2.24. The Morgan fingerprint density at radius 3 is 2.58 bits per heavy atom. The summed E-state index contributed by atoms with van der Waals surface area (Å²) in [5, 5.41) is 3.85. The molecule has 134 valence electrons. The molecule has 1 aromatic heterocycles. The zero-order valence-corrected chi connectivity index (χ0v) is 15.1. The third-order valence-electron chi connectivity index (χ3n) is 3.57. The number of nitrogens with zero attached hydrogens (tertiary/aromatic N) is 2. The van der Waals surface area contributed by atoms with Crippen LogP contribution < -0.4 is 10.3 Å². The van der Waals surface area contributed by atoms with Crippen LogP contribution in [0.15, 0.2) is 64.3 Å². The summed E-state index contributed by atoms with van der Waals surface area (Å²) in [6.07, 6.45) is 0. The van der Waals surface area contributed by atoms with Gasteiger partial charge in [0.15, 0.2) is 0 Å². The smallest absolute Gasteiger partial charge is 0.266 e. The molecule has 0 atom stereocenters. The molecule has 1 heterocycles. The van der Waals surface area contributed by atoms with Gasteiger partial charge in [0, 0.05) is 24.4 Å². The van der Waals surface area contributed by atoms with Gasteiger partial charge in [-0.25, -0.2) is 17.5 Å². The number of hydrogen-bond donors (Lipinski definition) is 1. The first-order valence-corrected chi connectivity index (χ1v) is 9.25. The predicted octanol–water partition coefficient (Wildman–Crippen LogP) is 3.04. The highest BCUT2D eigenvalue weighted by atomic mass is 35.5. The van der Waals surface area contributed by atoms with Crippen LogP contribution in [-0.4, -0.2) is 18.2 Å². The third kappa shape index (κ3) is 3.76. The Kier molecular flexibility index (Phi) is 4.80. The monoisotopic (exact) mass is 393 g/mol. The van der Waals surface area contributed by atoms with E-state index >= 15 is 0 Å². The molecular weight excluding hydrogens is 381 g/mol. The first-order chi connectivity index (χ1) is 12.3. The van der Waals surface area contributed by atoms with E-state index in [9.17, 15) is 17.6 Å². The average molecular weight is 394 g/mol. The molecule has 0 aliphatic heterocycles. The van der Waals surface area contributed by atoms with Crippen LogP contribution in [0.4, 0.5) is 10.1 Å². The number of rotatable bonds is 4. The standard InChI is InChI=1S/C17H13ClFN3O3S/c1-22-17(23)8-7-16(20-22)11-3-2-4-12(9-11)21-26(24,25)13-5-6-15(19)14(18)10-13/h2-10,21H,1H3. The minimum atomic E-state index is -3.94. The van der Waals surface area contributed by atoms with E-state index in [2.05, 4.69) is 9.82 Å². The summed E-state index contributed by atoms with van der Waals surface area (Å²) in [7, 11) is -2.42. The summed E-state index contributed by atoms with van der Waals surface area (Å²) in [6.45, 7) is 0. The second-order valence-corrected chi connectivity index (χ2v) is 7.53. The number of anilines is 1. The summed E-state index contributed by atoms with van der Waals surface area (Å²) in [4.78, 5) is 11.3. The Morgan fingerprint density at radius 1 is 1.12 bits per heavy atom. The Hall–Kier alpha value is -2.71. The van der Waals surface area contributed by atoms with E-state index in [1.807, 2.05) is 0 Å². The van der Waals surface area contributed by atoms with Gasteiger partial charge in [-0.05, 0) is 36.4 Å². The Balaban J connectivity index is 1.94. The van der Waals surface area contributed by atoms with Crippen LogP contribution >= 0.6 is 11.6 Å². The first-order valence-electron chi connectivity index (χ1n) is 7.39. The number of benzene rings is 2. The lowest BCUT2D eigenvalue weighted by molar-refractivity contribution is 0.599. The molecule has 0 aliphatic carbocycles. The molecule has 0 saturated heterocycles. The number of sulfonamides is 1. The summed E-state index contributed by atoms with van der Waals surface area (Å²) >= 11 is 5.65. The van der Waals surface area contributed by atoms with Crippen molar-refractivity contribution in [1.29, 1.82) is 0 Å². The van der Waals surface area contributed by atoms with E-state index in [0.717, 1.165) is 18.2 Å². The van der Waals surface area contributed by atoms with Crippen molar-refractivity contribution < 1.29 is 12.8 Å². The molecule has 9 heteroatoms. The molecule has 0 aliphatic rings. The van der Waals surface area contributed by atoms with Crippen molar-refractivity contribution >= 4 is 27.3 Å². The molecule has 0 saturated carbocycles. The minimum Gasteiger partial charge on any atom is -0.280 e. The van der Waals surface area contributed by atoms with Crippen LogP contribution in [-0.2, 0) is 17.1 Å². The number of hydrogen-bond acceptors (Lipinski definition) is 4. The Bertz CT molecular complexity index is 1150. The largest absolute Gasteiger partial charge is 0.280 e.